The van der Waals surface area contributed by atoms with E-state index in [2.05, 4.69) is 0 Å². The van der Waals surface area contributed by atoms with Gasteiger partial charge in [0.25, 0.3) is 36.0 Å². The molecule has 28 heavy (non-hydrogen) atoms. The van der Waals surface area contributed by atoms with E-state index < -0.39 is 66.4 Å². The van der Waals surface area contributed by atoms with Crippen LogP contribution in [0.2, 0.25) is 0 Å². The van der Waals surface area contributed by atoms with E-state index in [0.717, 1.165) is 0 Å². The predicted molar refractivity (Wildman–Crippen MR) is 97.3 cm³/mol. The number of hydrogen-bond acceptors (Lipinski definition) is 8. The minimum Gasteiger partial charge on any atom is -0.282 e. The third-order valence-electron chi connectivity index (χ3n) is 3.01. The van der Waals surface area contributed by atoms with Gasteiger partial charge in [0.1, 0.15) is 9.79 Å². The van der Waals surface area contributed by atoms with Gasteiger partial charge in [0, 0.05) is 94.7 Å². The molecule has 0 spiro atoms. The molecule has 0 heterocycles. The monoisotopic (exact) mass is 482 g/mol. The van der Waals surface area contributed by atoms with E-state index in [1.807, 2.05) is 0 Å². The van der Waals surface area contributed by atoms with Crippen LogP contribution in [0.15, 0.2) is 39.0 Å². The van der Waals surface area contributed by atoms with Crippen molar-refractivity contribution < 1.29 is 43.8 Å². The summed E-state index contributed by atoms with van der Waals surface area (Å²) in [4.78, 5) is 6.60. The normalized spacial score (nSPS) is 11.7. The first-order valence-electron chi connectivity index (χ1n) is 5.81. The van der Waals surface area contributed by atoms with Gasteiger partial charge in [-0.2, -0.15) is 25.3 Å². The fourth-order valence-corrected chi connectivity index (χ4v) is 3.96. The molecule has 0 saturated heterocycles. The molecule has 0 atom stereocenters. The molecule has 2 aromatic rings. The standard InChI is InChI=1S/C10H7NO11S3.3Na/c12-11(13)8-3-6(23(14,15)16)1-5-2-7(24(17,18)19)4-9(10(5)8)25(20,21)22;;;/h1-4H,(H,14,15,16)(H,17,18,19)(H,20,21,22);;;. The van der Waals surface area contributed by atoms with Crippen LogP contribution >= 0.6 is 0 Å². The first kappa shape index (κ1) is 31.0. The molecule has 0 aliphatic rings. The van der Waals surface area contributed by atoms with Crippen LogP contribution in [0.4, 0.5) is 5.69 Å². The second-order valence-corrected chi connectivity index (χ2v) is 8.88. The quantitative estimate of drug-likeness (QED) is 0.216. The van der Waals surface area contributed by atoms with Gasteiger partial charge < -0.3 is 0 Å². The third-order valence-corrected chi connectivity index (χ3v) is 5.55. The SMILES string of the molecule is O=[N+]([O-])c1cc(S(=O)(=O)O)cc2cc(S(=O)(=O)O)cc(S(=O)(=O)O)c12.[Na].[Na].[Na]. The summed E-state index contributed by atoms with van der Waals surface area (Å²) in [6, 6.07) is 1.69. The number of non-ortho nitro benzene ring substituents is 1. The maximum absolute atomic E-state index is 11.5. The molecule has 0 saturated carbocycles. The van der Waals surface area contributed by atoms with Crippen molar-refractivity contribution in [2.45, 2.75) is 14.7 Å². The van der Waals surface area contributed by atoms with Crippen LogP contribution in [-0.4, -0.2) is 133 Å². The molecule has 0 aliphatic carbocycles. The smallest absolute Gasteiger partial charge is 0.282 e. The summed E-state index contributed by atoms with van der Waals surface area (Å²) in [6.07, 6.45) is 0. The molecule has 139 valence electrons. The van der Waals surface area contributed by atoms with Crippen LogP contribution in [0.1, 0.15) is 0 Å². The molecule has 0 bridgehead atoms. The van der Waals surface area contributed by atoms with Crippen molar-refractivity contribution in [3.8, 4) is 0 Å². The molecule has 2 rings (SSSR count). The third kappa shape index (κ3) is 6.93. The van der Waals surface area contributed by atoms with Gasteiger partial charge in [0.05, 0.1) is 15.2 Å². The van der Waals surface area contributed by atoms with Crippen LogP contribution in [0.25, 0.3) is 10.8 Å². The van der Waals surface area contributed by atoms with Crippen molar-refractivity contribution in [2.24, 2.45) is 0 Å². The van der Waals surface area contributed by atoms with Crippen LogP contribution in [0.5, 0.6) is 0 Å². The van der Waals surface area contributed by atoms with E-state index in [1.54, 1.807) is 0 Å². The maximum atomic E-state index is 11.5. The summed E-state index contributed by atoms with van der Waals surface area (Å²) in [5.41, 5.74) is -1.14. The predicted octanol–water partition coefficient (Wildman–Crippen LogP) is -0.654. The molecule has 0 fully saturated rings. The minimum atomic E-state index is -5.21. The van der Waals surface area contributed by atoms with Gasteiger partial charge in [-0.3, -0.25) is 23.8 Å². The summed E-state index contributed by atoms with van der Waals surface area (Å²) < 4.78 is 95.1. The van der Waals surface area contributed by atoms with Crippen molar-refractivity contribution in [3.63, 3.8) is 0 Å². The van der Waals surface area contributed by atoms with Gasteiger partial charge in [-0.25, -0.2) is 0 Å². The average molecular weight is 482 g/mol. The van der Waals surface area contributed by atoms with E-state index in [4.69, 9.17) is 9.11 Å². The molecule has 12 nitrogen and oxygen atoms in total. The zero-order valence-electron chi connectivity index (χ0n) is 14.6. The van der Waals surface area contributed by atoms with Crippen LogP contribution in [0, 0.1) is 10.1 Å². The minimum absolute atomic E-state index is 0. The summed E-state index contributed by atoms with van der Waals surface area (Å²) >= 11 is 0. The van der Waals surface area contributed by atoms with Crippen LogP contribution in [0.3, 0.4) is 0 Å². The molecule has 0 amide bonds. The number of benzene rings is 2. The Hall–Kier alpha value is 0.830. The van der Waals surface area contributed by atoms with Gasteiger partial charge in [-0.1, -0.05) is 0 Å². The molecule has 0 aliphatic heterocycles. The number of nitro groups is 1. The molecule has 3 N–H and O–H groups in total. The maximum Gasteiger partial charge on any atom is 0.295 e. The van der Waals surface area contributed by atoms with Crippen molar-refractivity contribution in [3.05, 3.63) is 34.4 Å². The van der Waals surface area contributed by atoms with E-state index in [-0.39, 0.29) is 94.7 Å². The largest absolute Gasteiger partial charge is 0.295 e. The van der Waals surface area contributed by atoms with Crippen LogP contribution in [-0.2, 0) is 30.4 Å². The topological polar surface area (TPSA) is 206 Å². The Morgan fingerprint density at radius 3 is 1.43 bits per heavy atom. The average Bonchev–Trinajstić information content (AvgIpc) is 2.41. The molecule has 18 heteroatoms. The fourth-order valence-electron chi connectivity index (χ4n) is 2.05. The Balaban J connectivity index is 0. The Kier molecular flexibility index (Phi) is 11.6. The first-order valence-corrected chi connectivity index (χ1v) is 10.1. The molecule has 2 aromatic carbocycles. The zero-order chi connectivity index (χ0) is 19.4. The van der Waals surface area contributed by atoms with Crippen LogP contribution < -0.4 is 0 Å². The first-order chi connectivity index (χ1) is 11.1. The second-order valence-electron chi connectivity index (χ2n) is 4.64. The zero-order valence-corrected chi connectivity index (χ0v) is 23.0. The van der Waals surface area contributed by atoms with Crippen molar-refractivity contribution in [1.29, 1.82) is 0 Å². The molecular formula is C10H7NNa3O11S3. The van der Waals surface area contributed by atoms with E-state index in [0.29, 0.717) is 18.2 Å². The Morgan fingerprint density at radius 1 is 0.714 bits per heavy atom. The number of nitro benzene ring substituents is 1. The Bertz CT molecular complexity index is 1240. The van der Waals surface area contributed by atoms with Crippen molar-refractivity contribution in [2.75, 3.05) is 0 Å². The van der Waals surface area contributed by atoms with Gasteiger partial charge in [0.15, 0.2) is 0 Å². The second kappa shape index (κ2) is 10.4. The van der Waals surface area contributed by atoms with E-state index in [1.165, 1.54) is 0 Å². The Morgan fingerprint density at radius 2 is 1.11 bits per heavy atom. The summed E-state index contributed by atoms with van der Waals surface area (Å²) in [7, 11) is -15.2. The molecule has 3 radical (unpaired) electrons. The molecular weight excluding hydrogens is 475 g/mol. The van der Waals surface area contributed by atoms with E-state index in [9.17, 15) is 39.9 Å². The number of rotatable bonds is 4. The Labute approximate surface area is 225 Å². The van der Waals surface area contributed by atoms with Gasteiger partial charge >= 0.3 is 0 Å². The van der Waals surface area contributed by atoms with Crippen molar-refractivity contribution >= 4 is 135 Å². The van der Waals surface area contributed by atoms with Gasteiger partial charge in [0.2, 0.25) is 0 Å². The van der Waals surface area contributed by atoms with Gasteiger partial charge in [-0.15, -0.1) is 0 Å². The summed E-state index contributed by atoms with van der Waals surface area (Å²) in [5, 5.41) is 9.68. The molecule has 0 unspecified atom stereocenters. The molecule has 0 aromatic heterocycles. The summed E-state index contributed by atoms with van der Waals surface area (Å²) in [6.45, 7) is 0. The summed E-state index contributed by atoms with van der Waals surface area (Å²) in [5.74, 6) is 0. The number of nitrogens with zero attached hydrogens (tertiary/aromatic N) is 1. The number of fused-ring (bicyclic) bond motifs is 1. The van der Waals surface area contributed by atoms with Gasteiger partial charge in [-0.05, 0) is 23.6 Å². The van der Waals surface area contributed by atoms with Crippen molar-refractivity contribution in [1.82, 2.24) is 0 Å². The van der Waals surface area contributed by atoms with E-state index >= 15 is 0 Å². The number of hydrogen-bond donors (Lipinski definition) is 3. The fraction of sp³-hybridized carbons (Fsp3) is 0.